The highest BCUT2D eigenvalue weighted by Gasteiger charge is 2.45. The van der Waals surface area contributed by atoms with Gasteiger partial charge in [0.05, 0.1) is 12.0 Å². The molecule has 124 valence electrons. The molecule has 2 aliphatic rings. The van der Waals surface area contributed by atoms with E-state index in [4.69, 9.17) is 10.5 Å². The van der Waals surface area contributed by atoms with Crippen molar-refractivity contribution in [2.75, 3.05) is 19.7 Å². The van der Waals surface area contributed by atoms with Gasteiger partial charge in [-0.1, -0.05) is 18.2 Å². The highest BCUT2D eigenvalue weighted by Crippen LogP contribution is 2.40. The van der Waals surface area contributed by atoms with Crippen molar-refractivity contribution in [2.24, 2.45) is 5.73 Å². The number of carbonyl (C=O) groups excluding carboxylic acids is 2. The van der Waals surface area contributed by atoms with Gasteiger partial charge >= 0.3 is 0 Å². The van der Waals surface area contributed by atoms with Crippen molar-refractivity contribution in [3.8, 4) is 5.75 Å². The standard InChI is InChI=1S/C17H22N2O4/c1-16(8-11-23-13-5-3-2-4-12(13)16)15(21)19-9-6-17(22,7-10-19)14(18)20/h2-5,22H,6-11H2,1H3,(H2,18,20). The van der Waals surface area contributed by atoms with E-state index in [-0.39, 0.29) is 18.7 Å². The van der Waals surface area contributed by atoms with E-state index in [0.29, 0.717) is 26.1 Å². The first-order valence-electron chi connectivity index (χ1n) is 7.91. The number of primary amides is 1. The first kappa shape index (κ1) is 15.8. The number of para-hydroxylation sites is 1. The number of aliphatic hydroxyl groups is 1. The molecule has 6 nitrogen and oxygen atoms in total. The molecule has 1 saturated heterocycles. The summed E-state index contributed by atoms with van der Waals surface area (Å²) in [5.74, 6) is 0.0484. The third kappa shape index (κ3) is 2.57. The second-order valence-corrected chi connectivity index (χ2v) is 6.61. The Kier molecular flexibility index (Phi) is 3.80. The number of rotatable bonds is 2. The molecule has 23 heavy (non-hydrogen) atoms. The zero-order valence-corrected chi connectivity index (χ0v) is 13.2. The van der Waals surface area contributed by atoms with Gasteiger partial charge in [-0.2, -0.15) is 0 Å². The molecule has 0 radical (unpaired) electrons. The van der Waals surface area contributed by atoms with Gasteiger partial charge in [0, 0.05) is 31.5 Å². The van der Waals surface area contributed by atoms with Gasteiger partial charge < -0.3 is 20.5 Å². The molecular weight excluding hydrogens is 296 g/mol. The fourth-order valence-corrected chi connectivity index (χ4v) is 3.45. The van der Waals surface area contributed by atoms with Crippen LogP contribution in [0.5, 0.6) is 5.75 Å². The van der Waals surface area contributed by atoms with Gasteiger partial charge in [-0.15, -0.1) is 0 Å². The summed E-state index contributed by atoms with van der Waals surface area (Å²) in [4.78, 5) is 26.1. The minimum atomic E-state index is -1.49. The Hall–Kier alpha value is -2.08. The predicted octanol–water partition coefficient (Wildman–Crippen LogP) is 0.566. The van der Waals surface area contributed by atoms with E-state index in [1.165, 1.54) is 0 Å². The Balaban J connectivity index is 1.81. The van der Waals surface area contributed by atoms with Crippen molar-refractivity contribution in [2.45, 2.75) is 37.2 Å². The molecule has 1 aromatic rings. The third-order valence-corrected chi connectivity index (χ3v) is 5.15. The van der Waals surface area contributed by atoms with Crippen LogP contribution in [-0.2, 0) is 15.0 Å². The number of hydrogen-bond acceptors (Lipinski definition) is 4. The Bertz CT molecular complexity index is 637. The molecule has 1 aromatic carbocycles. The summed E-state index contributed by atoms with van der Waals surface area (Å²) < 4.78 is 5.65. The molecule has 1 atom stereocenters. The molecule has 3 N–H and O–H groups in total. The summed E-state index contributed by atoms with van der Waals surface area (Å²) in [5.41, 5.74) is 4.00. The molecule has 2 amide bonds. The average molecular weight is 318 g/mol. The van der Waals surface area contributed by atoms with Crippen LogP contribution in [0.25, 0.3) is 0 Å². The van der Waals surface area contributed by atoms with Gasteiger partial charge in [0.2, 0.25) is 11.8 Å². The minimum Gasteiger partial charge on any atom is -0.493 e. The molecule has 1 unspecified atom stereocenters. The van der Waals surface area contributed by atoms with Crippen molar-refractivity contribution in [3.63, 3.8) is 0 Å². The monoisotopic (exact) mass is 318 g/mol. The van der Waals surface area contributed by atoms with Crippen LogP contribution in [0.3, 0.4) is 0 Å². The summed E-state index contributed by atoms with van der Waals surface area (Å²) in [5, 5.41) is 10.1. The Labute approximate surface area is 135 Å². The van der Waals surface area contributed by atoms with Gasteiger partial charge in [0.15, 0.2) is 0 Å². The topological polar surface area (TPSA) is 92.9 Å². The maximum Gasteiger partial charge on any atom is 0.249 e. The molecule has 2 aliphatic heterocycles. The maximum absolute atomic E-state index is 13.1. The molecular formula is C17H22N2O4. The van der Waals surface area contributed by atoms with Crippen LogP contribution in [0.2, 0.25) is 0 Å². The van der Waals surface area contributed by atoms with Crippen molar-refractivity contribution in [1.29, 1.82) is 0 Å². The van der Waals surface area contributed by atoms with Crippen LogP contribution in [0.15, 0.2) is 24.3 Å². The molecule has 3 rings (SSSR count). The number of amides is 2. The molecule has 0 spiro atoms. The lowest BCUT2D eigenvalue weighted by molar-refractivity contribution is -0.150. The molecule has 2 heterocycles. The molecule has 0 saturated carbocycles. The van der Waals surface area contributed by atoms with Gasteiger partial charge in [-0.3, -0.25) is 9.59 Å². The number of carbonyl (C=O) groups is 2. The van der Waals surface area contributed by atoms with Crippen molar-refractivity contribution in [1.82, 2.24) is 4.90 Å². The number of fused-ring (bicyclic) bond motifs is 1. The average Bonchev–Trinajstić information content (AvgIpc) is 2.55. The lowest BCUT2D eigenvalue weighted by Gasteiger charge is -2.42. The SMILES string of the molecule is CC1(C(=O)N2CCC(O)(C(N)=O)CC2)CCOc2ccccc21. The normalized spacial score (nSPS) is 26.1. The molecule has 1 fully saturated rings. The number of nitrogens with zero attached hydrogens (tertiary/aromatic N) is 1. The van der Waals surface area contributed by atoms with Crippen LogP contribution < -0.4 is 10.5 Å². The number of hydrogen-bond donors (Lipinski definition) is 2. The number of likely N-dealkylation sites (tertiary alicyclic amines) is 1. The predicted molar refractivity (Wildman–Crippen MR) is 83.9 cm³/mol. The summed E-state index contributed by atoms with van der Waals surface area (Å²) >= 11 is 0. The first-order chi connectivity index (χ1) is 10.9. The van der Waals surface area contributed by atoms with E-state index in [2.05, 4.69) is 0 Å². The second-order valence-electron chi connectivity index (χ2n) is 6.61. The van der Waals surface area contributed by atoms with Crippen LogP contribution in [-0.4, -0.2) is 47.1 Å². The lowest BCUT2D eigenvalue weighted by Crippen LogP contribution is -2.56. The largest absolute Gasteiger partial charge is 0.493 e. The highest BCUT2D eigenvalue weighted by atomic mass is 16.5. The van der Waals surface area contributed by atoms with E-state index >= 15 is 0 Å². The van der Waals surface area contributed by atoms with Crippen molar-refractivity contribution >= 4 is 11.8 Å². The molecule has 0 aliphatic carbocycles. The number of benzene rings is 1. The number of piperidine rings is 1. The van der Waals surface area contributed by atoms with Gasteiger partial charge in [-0.25, -0.2) is 0 Å². The maximum atomic E-state index is 13.1. The van der Waals surface area contributed by atoms with E-state index < -0.39 is 16.9 Å². The molecule has 0 aromatic heterocycles. The van der Waals surface area contributed by atoms with E-state index in [1.807, 2.05) is 31.2 Å². The molecule has 0 bridgehead atoms. The van der Waals surface area contributed by atoms with Crippen molar-refractivity contribution < 1.29 is 19.4 Å². The van der Waals surface area contributed by atoms with Crippen LogP contribution in [0.1, 0.15) is 31.7 Å². The van der Waals surface area contributed by atoms with E-state index in [9.17, 15) is 14.7 Å². The lowest BCUT2D eigenvalue weighted by atomic mass is 9.76. The summed E-state index contributed by atoms with van der Waals surface area (Å²) in [6.45, 7) is 3.09. The summed E-state index contributed by atoms with van der Waals surface area (Å²) in [6.07, 6.45) is 0.976. The zero-order chi connectivity index (χ0) is 16.7. The number of nitrogens with two attached hydrogens (primary N) is 1. The Morgan fingerprint density at radius 2 is 1.87 bits per heavy atom. The summed E-state index contributed by atoms with van der Waals surface area (Å²) in [7, 11) is 0. The van der Waals surface area contributed by atoms with Crippen molar-refractivity contribution in [3.05, 3.63) is 29.8 Å². The molecule has 6 heteroatoms. The fourth-order valence-electron chi connectivity index (χ4n) is 3.45. The smallest absolute Gasteiger partial charge is 0.249 e. The van der Waals surface area contributed by atoms with Crippen LogP contribution in [0.4, 0.5) is 0 Å². The number of ether oxygens (including phenoxy) is 1. The van der Waals surface area contributed by atoms with E-state index in [0.717, 1.165) is 11.3 Å². The highest BCUT2D eigenvalue weighted by molar-refractivity contribution is 5.90. The van der Waals surface area contributed by atoms with Crippen LogP contribution in [0, 0.1) is 0 Å². The first-order valence-corrected chi connectivity index (χ1v) is 7.91. The third-order valence-electron chi connectivity index (χ3n) is 5.15. The Morgan fingerprint density at radius 1 is 1.22 bits per heavy atom. The second kappa shape index (κ2) is 5.53. The minimum absolute atomic E-state index is 0.0137. The van der Waals surface area contributed by atoms with Gasteiger partial charge in [0.25, 0.3) is 0 Å². The quantitative estimate of drug-likeness (QED) is 0.833. The van der Waals surface area contributed by atoms with Gasteiger partial charge in [0.1, 0.15) is 11.4 Å². The van der Waals surface area contributed by atoms with Gasteiger partial charge in [-0.05, 0) is 19.4 Å². The zero-order valence-electron chi connectivity index (χ0n) is 13.2. The van der Waals surface area contributed by atoms with Crippen LogP contribution >= 0.6 is 0 Å². The fraction of sp³-hybridized carbons (Fsp3) is 0.529. The summed E-state index contributed by atoms with van der Waals surface area (Å²) in [6, 6.07) is 7.60. The Morgan fingerprint density at radius 3 is 2.52 bits per heavy atom. The van der Waals surface area contributed by atoms with E-state index in [1.54, 1.807) is 4.90 Å².